The number of hydrogen-bond donors (Lipinski definition) is 6. The number of carboxylic acids is 1. The molecule has 2 unspecified atom stereocenters. The van der Waals surface area contributed by atoms with Crippen LogP contribution in [-0.4, -0.2) is 119 Å². The lowest BCUT2D eigenvalue weighted by atomic mass is 9.74. The molecule has 0 amide bonds. The maximum absolute atomic E-state index is 12.8. The zero-order valence-electron chi connectivity index (χ0n) is 37.1. The number of rotatable bonds is 20. The molecule has 0 aromatic heterocycles. The minimum atomic E-state index is -5.11. The molecule has 25 heteroatoms. The van der Waals surface area contributed by atoms with Gasteiger partial charge in [-0.05, 0) is 112 Å². The number of hydrogen-bond acceptors (Lipinski definition) is 13. The van der Waals surface area contributed by atoms with Gasteiger partial charge in [0.15, 0.2) is 5.71 Å². The van der Waals surface area contributed by atoms with E-state index in [0.29, 0.717) is 65.3 Å². The van der Waals surface area contributed by atoms with Crippen LogP contribution in [0.2, 0.25) is 0 Å². The van der Waals surface area contributed by atoms with Crippen molar-refractivity contribution in [1.29, 1.82) is 0 Å². The highest BCUT2D eigenvalue weighted by Gasteiger charge is 2.50. The summed E-state index contributed by atoms with van der Waals surface area (Å²) in [4.78, 5) is 9.91. The Labute approximate surface area is 394 Å². The number of nitrogens with zero attached hydrogens (tertiary/aromatic N) is 2. The standard InChI is InChI=1S/C43H50N2O18S5/c1-5-44-33-16-14-29-31(23-27(65(51,52)53)25-35(29)67(57,58)59)40(33)42(2,18-10-22-64(48,49)50)37(44)11-9-12-38-43(3,19-21-63-4)41-32-24-28(66(54,55)56)26-36(68(60,61)62)30(32)15-17-34(41)45(38)20-8-6-7-13-39(46)47/h9,11-12,14-17,23-26H,5-8,10,13,18-22H2,1-4H3,(H5-,46,47,48,49,50,51,52,53,54,55,56,57,58,59,60,61,62)/p+1. The molecule has 0 radical (unpaired) electrons. The molecule has 0 aliphatic carbocycles. The van der Waals surface area contributed by atoms with E-state index in [1.54, 1.807) is 44.2 Å². The fraction of sp³-hybridized carbons (Fsp3) is 0.395. The van der Waals surface area contributed by atoms with Gasteiger partial charge in [0.05, 0.1) is 21.0 Å². The number of benzene rings is 4. The molecule has 2 atom stereocenters. The Balaban J connectivity index is 1.64. The first kappa shape index (κ1) is 52.7. The van der Waals surface area contributed by atoms with Gasteiger partial charge in [-0.1, -0.05) is 12.1 Å². The predicted octanol–water partition coefficient (Wildman–Crippen LogP) is 5.92. The lowest BCUT2D eigenvalue weighted by Crippen LogP contribution is -2.33. The summed E-state index contributed by atoms with van der Waals surface area (Å²) in [6.07, 6.45) is 6.27. The van der Waals surface area contributed by atoms with Gasteiger partial charge in [-0.25, -0.2) is 0 Å². The molecule has 2 aliphatic rings. The second kappa shape index (κ2) is 18.9. The summed E-state index contributed by atoms with van der Waals surface area (Å²) >= 11 is 0. The number of unbranched alkanes of at least 4 members (excludes halogenated alkanes) is 2. The van der Waals surface area contributed by atoms with E-state index in [1.807, 2.05) is 16.4 Å². The van der Waals surface area contributed by atoms with Crippen LogP contribution >= 0.6 is 0 Å². The van der Waals surface area contributed by atoms with Gasteiger partial charge >= 0.3 is 5.97 Å². The van der Waals surface area contributed by atoms with E-state index in [4.69, 9.17) is 4.74 Å². The Morgan fingerprint density at radius 1 is 0.691 bits per heavy atom. The number of aliphatic carboxylic acids is 1. The summed E-state index contributed by atoms with van der Waals surface area (Å²) in [5.41, 5.74) is 0.223. The molecule has 4 aromatic rings. The average molecular weight is 1040 g/mol. The Kier molecular flexibility index (Phi) is 14.7. The van der Waals surface area contributed by atoms with Gasteiger partial charge in [0, 0.05) is 78.4 Å². The number of likely N-dealkylation sites (N-methyl/N-ethyl adjacent to an activating group) is 1. The van der Waals surface area contributed by atoms with Gasteiger partial charge in [-0.3, -0.25) is 27.6 Å². The van der Waals surface area contributed by atoms with Crippen LogP contribution in [0, 0.1) is 0 Å². The number of fused-ring (bicyclic) bond motifs is 6. The lowest BCUT2D eigenvalue weighted by Gasteiger charge is -2.30. The van der Waals surface area contributed by atoms with Crippen molar-refractivity contribution in [3.63, 3.8) is 0 Å². The molecule has 370 valence electrons. The number of ether oxygens (including phenoxy) is 1. The molecule has 0 spiro atoms. The van der Waals surface area contributed by atoms with E-state index < -0.39 is 92.7 Å². The highest BCUT2D eigenvalue weighted by atomic mass is 32.2. The summed E-state index contributed by atoms with van der Waals surface area (Å²) in [6.45, 7) is 5.91. The van der Waals surface area contributed by atoms with Crippen molar-refractivity contribution in [3.05, 3.63) is 83.6 Å². The number of methoxy groups -OCH3 is 1. The summed E-state index contributed by atoms with van der Waals surface area (Å²) < 4.78 is 183. The molecular weight excluding hydrogens is 993 g/mol. The van der Waals surface area contributed by atoms with Gasteiger partial charge in [-0.15, -0.1) is 0 Å². The highest BCUT2D eigenvalue weighted by molar-refractivity contribution is 7.87. The van der Waals surface area contributed by atoms with Gasteiger partial charge in [-0.2, -0.15) is 46.7 Å². The number of anilines is 1. The molecule has 2 heterocycles. The van der Waals surface area contributed by atoms with E-state index in [0.717, 1.165) is 12.1 Å². The van der Waals surface area contributed by atoms with Crippen LogP contribution in [0.1, 0.15) is 76.8 Å². The van der Waals surface area contributed by atoms with Crippen LogP contribution in [0.4, 0.5) is 11.4 Å². The quantitative estimate of drug-likeness (QED) is 0.0340. The van der Waals surface area contributed by atoms with Crippen LogP contribution in [0.15, 0.2) is 92.0 Å². The van der Waals surface area contributed by atoms with Crippen molar-refractivity contribution in [2.75, 3.05) is 37.5 Å². The van der Waals surface area contributed by atoms with Crippen LogP contribution in [0.5, 0.6) is 0 Å². The summed E-state index contributed by atoms with van der Waals surface area (Å²) in [7, 11) is -23.3. The predicted molar refractivity (Wildman–Crippen MR) is 250 cm³/mol. The lowest BCUT2D eigenvalue weighted by molar-refractivity contribution is -0.438. The molecule has 6 N–H and O–H groups in total. The molecule has 6 rings (SSSR count). The molecule has 68 heavy (non-hydrogen) atoms. The highest BCUT2D eigenvalue weighted by Crippen LogP contribution is 2.54. The maximum atomic E-state index is 12.8. The van der Waals surface area contributed by atoms with E-state index >= 15 is 0 Å². The molecule has 0 bridgehead atoms. The number of carboxylic acid groups (broad SMARTS) is 1. The minimum Gasteiger partial charge on any atom is -0.481 e. The first-order valence-corrected chi connectivity index (χ1v) is 28.3. The first-order chi connectivity index (χ1) is 31.4. The van der Waals surface area contributed by atoms with Crippen molar-refractivity contribution in [2.45, 2.75) is 96.1 Å². The Morgan fingerprint density at radius 2 is 1.25 bits per heavy atom. The SMILES string of the molecule is CCN1/C(=C/C=C/C2=[N+](CCCCCC(=O)O)c3ccc4c(S(=O)(=O)O)cc(S(=O)(=O)O)cc4c3C2(C)CCOC)C(C)(CCCS(=O)(=O)O)c2c1ccc1c(S(=O)(=O)O)cc(S(=O)(=O)O)cc21. The average Bonchev–Trinajstić information content (AvgIpc) is 3.60. The smallest absolute Gasteiger partial charge is 0.303 e. The molecular formula is C43H51N2O18S5+. The zero-order chi connectivity index (χ0) is 50.6. The molecule has 2 aliphatic heterocycles. The normalized spacial score (nSPS) is 19.8. The third-order valence-electron chi connectivity index (χ3n) is 12.6. The monoisotopic (exact) mass is 1040 g/mol. The van der Waals surface area contributed by atoms with E-state index in [2.05, 4.69) is 0 Å². The van der Waals surface area contributed by atoms with Crippen LogP contribution in [0.3, 0.4) is 0 Å². The second-order valence-electron chi connectivity index (χ2n) is 17.0. The van der Waals surface area contributed by atoms with Crippen molar-refractivity contribution >= 4 is 95.2 Å². The van der Waals surface area contributed by atoms with Gasteiger partial charge in [0.1, 0.15) is 16.3 Å². The molecule has 20 nitrogen and oxygen atoms in total. The van der Waals surface area contributed by atoms with Gasteiger partial charge < -0.3 is 14.7 Å². The van der Waals surface area contributed by atoms with Crippen LogP contribution in [-0.2, 0) is 71.0 Å². The largest absolute Gasteiger partial charge is 0.481 e. The van der Waals surface area contributed by atoms with Gasteiger partial charge in [0.2, 0.25) is 5.69 Å². The second-order valence-corrected chi connectivity index (χ2v) is 24.2. The van der Waals surface area contributed by atoms with E-state index in [1.165, 1.54) is 19.2 Å². The van der Waals surface area contributed by atoms with Gasteiger partial charge in [0.25, 0.3) is 50.6 Å². The molecule has 0 fully saturated rings. The first-order valence-electron chi connectivity index (χ1n) is 21.0. The number of carbonyl (C=O) groups is 1. The maximum Gasteiger partial charge on any atom is 0.303 e. The topological polar surface area (TPSA) is 325 Å². The molecule has 0 saturated heterocycles. The molecule has 0 saturated carbocycles. The fourth-order valence-corrected chi connectivity index (χ4v) is 12.9. The van der Waals surface area contributed by atoms with E-state index in [9.17, 15) is 74.8 Å². The third kappa shape index (κ3) is 10.4. The van der Waals surface area contributed by atoms with Crippen molar-refractivity contribution < 1.29 is 84.1 Å². The Bertz CT molecular complexity index is 3420. The zero-order valence-corrected chi connectivity index (χ0v) is 41.2. The third-order valence-corrected chi connectivity index (χ3v) is 16.9. The Morgan fingerprint density at radius 3 is 1.75 bits per heavy atom. The summed E-state index contributed by atoms with van der Waals surface area (Å²) in [6, 6.07) is 9.35. The summed E-state index contributed by atoms with van der Waals surface area (Å²) in [5.74, 6) is -1.67. The Hall–Kier alpha value is -4.67. The van der Waals surface area contributed by atoms with E-state index in [-0.39, 0.29) is 66.9 Å². The van der Waals surface area contributed by atoms with Crippen molar-refractivity contribution in [1.82, 2.24) is 0 Å². The van der Waals surface area contributed by atoms with Crippen molar-refractivity contribution in [2.24, 2.45) is 0 Å². The molecule has 4 aromatic carbocycles. The fourth-order valence-electron chi connectivity index (χ4n) is 9.68. The summed E-state index contributed by atoms with van der Waals surface area (Å²) in [5, 5.41) is 9.17. The van der Waals surface area contributed by atoms with Crippen LogP contribution in [0.25, 0.3) is 21.5 Å². The van der Waals surface area contributed by atoms with Crippen molar-refractivity contribution in [3.8, 4) is 0 Å². The van der Waals surface area contributed by atoms with Crippen LogP contribution < -0.4 is 4.90 Å². The minimum absolute atomic E-state index is 0.00679. The number of allylic oxidation sites excluding steroid dienone is 4.